The van der Waals surface area contributed by atoms with Crippen molar-refractivity contribution in [2.24, 2.45) is 17.1 Å². The lowest BCUT2D eigenvalue weighted by atomic mass is 9.83. The molecule has 23 heavy (non-hydrogen) atoms. The highest BCUT2D eigenvalue weighted by molar-refractivity contribution is 6.02. The highest BCUT2D eigenvalue weighted by atomic mass is 16.5. The zero-order valence-corrected chi connectivity index (χ0v) is 15.4. The summed E-state index contributed by atoms with van der Waals surface area (Å²) >= 11 is 0. The topological polar surface area (TPSA) is 55.6 Å². The molecule has 1 aliphatic rings. The number of hydrogen-bond acceptors (Lipinski definition) is 3. The van der Waals surface area contributed by atoms with Crippen LogP contribution < -0.4 is 15.4 Å². The Balaban J connectivity index is 2.50. The zero-order valence-electron chi connectivity index (χ0n) is 15.4. The molecule has 2 rings (SSSR count). The van der Waals surface area contributed by atoms with Gasteiger partial charge in [-0.15, -0.1) is 0 Å². The Morgan fingerprint density at radius 2 is 1.87 bits per heavy atom. The molecule has 0 saturated carbocycles. The number of rotatable bonds is 3. The van der Waals surface area contributed by atoms with Gasteiger partial charge in [-0.25, -0.2) is 0 Å². The lowest BCUT2D eigenvalue weighted by molar-refractivity contribution is -0.132. The average Bonchev–Trinajstić information content (AvgIpc) is 2.41. The first-order valence-corrected chi connectivity index (χ1v) is 8.34. The summed E-state index contributed by atoms with van der Waals surface area (Å²) in [5.41, 5.74) is 7.37. The third-order valence-electron chi connectivity index (χ3n) is 4.24. The summed E-state index contributed by atoms with van der Waals surface area (Å²) in [6, 6.07) is 5.87. The normalized spacial score (nSPS) is 18.7. The van der Waals surface area contributed by atoms with Crippen molar-refractivity contribution in [3.05, 3.63) is 23.8 Å². The number of nitrogens with zero attached hydrogens (tertiary/aromatic N) is 1. The minimum Gasteiger partial charge on any atom is -0.476 e. The fourth-order valence-corrected chi connectivity index (χ4v) is 2.82. The minimum atomic E-state index is -0.838. The van der Waals surface area contributed by atoms with Crippen LogP contribution in [0.3, 0.4) is 0 Å². The summed E-state index contributed by atoms with van der Waals surface area (Å²) in [6.07, 6.45) is 0. The van der Waals surface area contributed by atoms with Crippen molar-refractivity contribution in [1.82, 2.24) is 0 Å². The third kappa shape index (κ3) is 3.52. The summed E-state index contributed by atoms with van der Waals surface area (Å²) in [5.74, 6) is 1.13. The molecule has 1 aromatic rings. The Morgan fingerprint density at radius 3 is 2.39 bits per heavy atom. The number of benzene rings is 1. The Bertz CT molecular complexity index is 600. The molecule has 1 aliphatic heterocycles. The number of carbonyl (C=O) groups is 1. The van der Waals surface area contributed by atoms with Crippen LogP contribution in [-0.4, -0.2) is 18.1 Å². The van der Waals surface area contributed by atoms with Crippen LogP contribution in [0.4, 0.5) is 5.69 Å². The monoisotopic (exact) mass is 318 g/mol. The van der Waals surface area contributed by atoms with E-state index < -0.39 is 5.60 Å². The summed E-state index contributed by atoms with van der Waals surface area (Å²) in [5, 5.41) is 0. The second-order valence-corrected chi connectivity index (χ2v) is 8.49. The van der Waals surface area contributed by atoms with Crippen molar-refractivity contribution in [3.8, 4) is 5.75 Å². The molecule has 0 bridgehead atoms. The van der Waals surface area contributed by atoms with Crippen LogP contribution in [0.5, 0.6) is 5.75 Å². The van der Waals surface area contributed by atoms with E-state index in [0.29, 0.717) is 12.5 Å². The molecule has 4 heteroatoms. The Labute approximate surface area is 140 Å². The van der Waals surface area contributed by atoms with Gasteiger partial charge in [0.25, 0.3) is 5.91 Å². The van der Waals surface area contributed by atoms with Gasteiger partial charge < -0.3 is 15.4 Å². The average molecular weight is 318 g/mol. The largest absolute Gasteiger partial charge is 0.476 e. The minimum absolute atomic E-state index is 0.000167. The zero-order chi connectivity index (χ0) is 17.6. The Morgan fingerprint density at radius 1 is 1.26 bits per heavy atom. The molecule has 4 nitrogen and oxygen atoms in total. The molecule has 128 valence electrons. The molecular weight excluding hydrogens is 288 g/mol. The van der Waals surface area contributed by atoms with Gasteiger partial charge in [0.1, 0.15) is 5.75 Å². The third-order valence-corrected chi connectivity index (χ3v) is 4.24. The maximum absolute atomic E-state index is 12.8. The van der Waals surface area contributed by atoms with E-state index in [-0.39, 0.29) is 17.4 Å². The first-order valence-electron chi connectivity index (χ1n) is 8.34. The van der Waals surface area contributed by atoms with Crippen LogP contribution in [-0.2, 0) is 4.79 Å². The van der Waals surface area contributed by atoms with Gasteiger partial charge in [-0.3, -0.25) is 4.79 Å². The molecular formula is C19H30N2O2. The molecule has 1 heterocycles. The predicted octanol–water partition coefficient (Wildman–Crippen LogP) is 3.89. The number of nitrogens with two attached hydrogens (primary N) is 1. The van der Waals surface area contributed by atoms with Gasteiger partial charge in [-0.05, 0) is 42.9 Å². The van der Waals surface area contributed by atoms with Crippen molar-refractivity contribution < 1.29 is 9.53 Å². The van der Waals surface area contributed by atoms with Crippen molar-refractivity contribution >= 4 is 11.6 Å². The van der Waals surface area contributed by atoms with E-state index in [0.717, 1.165) is 17.0 Å². The fourth-order valence-electron chi connectivity index (χ4n) is 2.82. The second kappa shape index (κ2) is 5.82. The smallest absolute Gasteiger partial charge is 0.270 e. The van der Waals surface area contributed by atoms with Crippen molar-refractivity contribution in [2.75, 3.05) is 11.4 Å². The molecule has 0 radical (unpaired) electrons. The number of amides is 1. The van der Waals surface area contributed by atoms with Crippen molar-refractivity contribution in [3.63, 3.8) is 0 Å². The first kappa shape index (κ1) is 17.8. The van der Waals surface area contributed by atoms with E-state index in [1.54, 1.807) is 0 Å². The van der Waals surface area contributed by atoms with E-state index in [9.17, 15) is 4.79 Å². The molecule has 1 unspecified atom stereocenters. The number of hydrogen-bond donors (Lipinski definition) is 1. The molecule has 0 spiro atoms. The number of carbonyl (C=O) groups excluding carboxylic acids is 1. The van der Waals surface area contributed by atoms with Gasteiger partial charge in [0, 0.05) is 12.6 Å². The van der Waals surface area contributed by atoms with Gasteiger partial charge in [0.2, 0.25) is 0 Å². The maximum Gasteiger partial charge on any atom is 0.270 e. The van der Waals surface area contributed by atoms with E-state index in [4.69, 9.17) is 10.5 Å². The molecule has 2 N–H and O–H groups in total. The van der Waals surface area contributed by atoms with Crippen LogP contribution in [0.2, 0.25) is 0 Å². The van der Waals surface area contributed by atoms with Crippen LogP contribution in [0.15, 0.2) is 18.2 Å². The van der Waals surface area contributed by atoms with Crippen LogP contribution in [0, 0.1) is 11.3 Å². The summed E-state index contributed by atoms with van der Waals surface area (Å²) in [4.78, 5) is 14.6. The van der Waals surface area contributed by atoms with Crippen molar-refractivity contribution in [2.45, 2.75) is 60.1 Å². The Kier molecular flexibility index (Phi) is 4.51. The van der Waals surface area contributed by atoms with Crippen molar-refractivity contribution in [1.29, 1.82) is 0 Å². The first-order chi connectivity index (χ1) is 10.4. The summed E-state index contributed by atoms with van der Waals surface area (Å²) in [6.45, 7) is 14.9. The molecule has 1 atom stereocenters. The van der Waals surface area contributed by atoms with Crippen LogP contribution in [0.25, 0.3) is 0 Å². The highest BCUT2D eigenvalue weighted by Crippen LogP contribution is 2.41. The van der Waals surface area contributed by atoms with E-state index >= 15 is 0 Å². The lowest BCUT2D eigenvalue weighted by Crippen LogP contribution is -2.53. The maximum atomic E-state index is 12.8. The van der Waals surface area contributed by atoms with Crippen LogP contribution in [0.1, 0.15) is 60.1 Å². The second-order valence-electron chi connectivity index (χ2n) is 8.49. The highest BCUT2D eigenvalue weighted by Gasteiger charge is 2.41. The fraction of sp³-hybridized carbons (Fsp3) is 0.632. The number of anilines is 1. The standard InChI is InChI=1S/C19H30N2O2/c1-12(2)11-21-14-10-13(16(20)18(3,4)5)8-9-15(14)23-19(6,7)17(21)22/h8-10,12,16H,11,20H2,1-7H3. The number of fused-ring (bicyclic) bond motifs is 1. The summed E-state index contributed by atoms with van der Waals surface area (Å²) in [7, 11) is 0. The summed E-state index contributed by atoms with van der Waals surface area (Å²) < 4.78 is 5.93. The van der Waals surface area contributed by atoms with E-state index in [1.165, 1.54) is 0 Å². The molecule has 0 aliphatic carbocycles. The van der Waals surface area contributed by atoms with Gasteiger partial charge in [-0.1, -0.05) is 40.7 Å². The Hall–Kier alpha value is -1.55. The number of ether oxygens (including phenoxy) is 1. The van der Waals surface area contributed by atoms with Gasteiger partial charge in [0.05, 0.1) is 5.69 Å². The van der Waals surface area contributed by atoms with E-state index in [1.807, 2.05) is 36.9 Å². The molecule has 0 fully saturated rings. The van der Waals surface area contributed by atoms with Gasteiger partial charge in [-0.2, -0.15) is 0 Å². The van der Waals surface area contributed by atoms with E-state index in [2.05, 4.69) is 34.6 Å². The SMILES string of the molecule is CC(C)CN1C(=O)C(C)(C)Oc2ccc(C(N)C(C)(C)C)cc21. The van der Waals surface area contributed by atoms with Crippen LogP contribution >= 0.6 is 0 Å². The lowest BCUT2D eigenvalue weighted by Gasteiger charge is -2.40. The molecule has 0 saturated heterocycles. The van der Waals surface area contributed by atoms with Gasteiger partial charge in [0.15, 0.2) is 5.60 Å². The molecule has 1 amide bonds. The quantitative estimate of drug-likeness (QED) is 0.920. The van der Waals surface area contributed by atoms with Gasteiger partial charge >= 0.3 is 0 Å². The molecule has 1 aromatic carbocycles. The predicted molar refractivity (Wildman–Crippen MR) is 94.7 cm³/mol. The molecule has 0 aromatic heterocycles.